The fourth-order valence-electron chi connectivity index (χ4n) is 5.40. The third kappa shape index (κ3) is 1.50. The van der Waals surface area contributed by atoms with Crippen LogP contribution in [0.15, 0.2) is 18.2 Å². The van der Waals surface area contributed by atoms with Crippen LogP contribution < -0.4 is 5.73 Å². The Morgan fingerprint density at radius 2 is 2.05 bits per heavy atom. The van der Waals surface area contributed by atoms with E-state index in [1.54, 1.807) is 6.07 Å². The van der Waals surface area contributed by atoms with E-state index in [0.717, 1.165) is 29.7 Å². The summed E-state index contributed by atoms with van der Waals surface area (Å²) in [5, 5.41) is 0. The third-order valence-electron chi connectivity index (χ3n) is 6.27. The van der Waals surface area contributed by atoms with Crippen LogP contribution in [-0.4, -0.2) is 0 Å². The SMILES string of the molecule is Cc1ccc(C2(N)CC3CC2C2CCCC32)cc1F. The van der Waals surface area contributed by atoms with Gasteiger partial charge in [0.05, 0.1) is 0 Å². The van der Waals surface area contributed by atoms with Gasteiger partial charge in [0.2, 0.25) is 0 Å². The third-order valence-corrected chi connectivity index (χ3v) is 6.27. The molecule has 4 rings (SSSR count). The van der Waals surface area contributed by atoms with Crippen molar-refractivity contribution in [2.24, 2.45) is 29.4 Å². The van der Waals surface area contributed by atoms with Crippen LogP contribution in [0.3, 0.4) is 0 Å². The number of fused-ring (bicyclic) bond motifs is 5. The topological polar surface area (TPSA) is 26.0 Å². The van der Waals surface area contributed by atoms with E-state index in [4.69, 9.17) is 5.73 Å². The number of aryl methyl sites for hydroxylation is 1. The van der Waals surface area contributed by atoms with Gasteiger partial charge in [0.15, 0.2) is 0 Å². The van der Waals surface area contributed by atoms with Gasteiger partial charge in [-0.2, -0.15) is 0 Å². The second-order valence-corrected chi connectivity index (χ2v) is 7.07. The average Bonchev–Trinajstić information content (AvgIpc) is 3.03. The Labute approximate surface area is 114 Å². The summed E-state index contributed by atoms with van der Waals surface area (Å²) in [7, 11) is 0. The van der Waals surface area contributed by atoms with Crippen LogP contribution >= 0.6 is 0 Å². The minimum Gasteiger partial charge on any atom is -0.321 e. The second kappa shape index (κ2) is 3.82. The van der Waals surface area contributed by atoms with Crippen molar-refractivity contribution in [2.75, 3.05) is 0 Å². The van der Waals surface area contributed by atoms with E-state index < -0.39 is 0 Å². The minimum atomic E-state index is -0.259. The largest absolute Gasteiger partial charge is 0.321 e. The molecule has 0 aliphatic heterocycles. The normalized spacial score (nSPS) is 43.7. The Morgan fingerprint density at radius 3 is 2.84 bits per heavy atom. The summed E-state index contributed by atoms with van der Waals surface area (Å²) in [6.45, 7) is 1.82. The van der Waals surface area contributed by atoms with Crippen molar-refractivity contribution in [3.63, 3.8) is 0 Å². The quantitative estimate of drug-likeness (QED) is 0.816. The van der Waals surface area contributed by atoms with Gasteiger partial charge in [0, 0.05) is 5.54 Å². The van der Waals surface area contributed by atoms with Crippen molar-refractivity contribution in [1.82, 2.24) is 0 Å². The molecule has 102 valence electrons. The van der Waals surface area contributed by atoms with Crippen LogP contribution in [-0.2, 0) is 5.54 Å². The lowest BCUT2D eigenvalue weighted by atomic mass is 9.68. The number of halogens is 1. The van der Waals surface area contributed by atoms with Crippen molar-refractivity contribution in [3.05, 3.63) is 35.1 Å². The van der Waals surface area contributed by atoms with Gasteiger partial charge in [0.1, 0.15) is 5.82 Å². The maximum absolute atomic E-state index is 13.9. The van der Waals surface area contributed by atoms with E-state index >= 15 is 0 Å². The van der Waals surface area contributed by atoms with E-state index in [1.165, 1.54) is 25.7 Å². The lowest BCUT2D eigenvalue weighted by molar-refractivity contribution is 0.156. The van der Waals surface area contributed by atoms with Gasteiger partial charge in [-0.1, -0.05) is 18.6 Å². The molecule has 19 heavy (non-hydrogen) atoms. The van der Waals surface area contributed by atoms with Crippen LogP contribution in [0, 0.1) is 36.4 Å². The van der Waals surface area contributed by atoms with Crippen molar-refractivity contribution >= 4 is 0 Å². The highest BCUT2D eigenvalue weighted by atomic mass is 19.1. The molecule has 3 aliphatic rings. The van der Waals surface area contributed by atoms with Gasteiger partial charge < -0.3 is 5.73 Å². The molecule has 1 nitrogen and oxygen atoms in total. The molecule has 0 spiro atoms. The van der Waals surface area contributed by atoms with Crippen LogP contribution in [0.25, 0.3) is 0 Å². The van der Waals surface area contributed by atoms with Crippen LogP contribution in [0.4, 0.5) is 4.39 Å². The molecule has 1 aromatic carbocycles. The Morgan fingerprint density at radius 1 is 1.26 bits per heavy atom. The molecule has 0 saturated heterocycles. The van der Waals surface area contributed by atoms with E-state index in [1.807, 2.05) is 13.0 Å². The summed E-state index contributed by atoms with van der Waals surface area (Å²) in [5.41, 5.74) is 8.27. The standard InChI is InChI=1S/C17H22FN/c1-10-5-6-12(8-16(10)18)17(19)9-11-7-15(17)14-4-2-3-13(11)14/h5-6,8,11,13-15H,2-4,7,9,19H2,1H3. The molecule has 5 atom stereocenters. The number of nitrogens with two attached hydrogens (primary N) is 1. The second-order valence-electron chi connectivity index (χ2n) is 7.07. The number of rotatable bonds is 1. The van der Waals surface area contributed by atoms with Crippen molar-refractivity contribution in [2.45, 2.75) is 44.6 Å². The first-order valence-electron chi connectivity index (χ1n) is 7.65. The summed E-state index contributed by atoms with van der Waals surface area (Å²) in [5.74, 6) is 3.03. The number of hydrogen-bond acceptors (Lipinski definition) is 1. The Bertz CT molecular complexity index is 526. The lowest BCUT2D eigenvalue weighted by Gasteiger charge is -2.40. The Balaban J connectivity index is 1.73. The lowest BCUT2D eigenvalue weighted by Crippen LogP contribution is -2.46. The smallest absolute Gasteiger partial charge is 0.126 e. The van der Waals surface area contributed by atoms with Gasteiger partial charge in [0.25, 0.3) is 0 Å². The highest BCUT2D eigenvalue weighted by Crippen LogP contribution is 2.64. The van der Waals surface area contributed by atoms with Gasteiger partial charge >= 0.3 is 0 Å². The fourth-order valence-corrected chi connectivity index (χ4v) is 5.40. The molecule has 1 aromatic rings. The van der Waals surface area contributed by atoms with Crippen LogP contribution in [0.1, 0.15) is 43.2 Å². The highest BCUT2D eigenvalue weighted by molar-refractivity contribution is 5.33. The Hall–Kier alpha value is -0.890. The summed E-state index contributed by atoms with van der Waals surface area (Å²) in [6, 6.07) is 5.64. The summed E-state index contributed by atoms with van der Waals surface area (Å²) in [6.07, 6.45) is 6.48. The van der Waals surface area contributed by atoms with E-state index in [2.05, 4.69) is 6.07 Å². The molecule has 3 fully saturated rings. The van der Waals surface area contributed by atoms with Crippen LogP contribution in [0.2, 0.25) is 0 Å². The van der Waals surface area contributed by atoms with Gasteiger partial charge in [-0.05, 0) is 73.5 Å². The predicted molar refractivity (Wildman–Crippen MR) is 74.0 cm³/mol. The van der Waals surface area contributed by atoms with Crippen molar-refractivity contribution in [1.29, 1.82) is 0 Å². The summed E-state index contributed by atoms with van der Waals surface area (Å²) in [4.78, 5) is 0. The number of benzene rings is 1. The maximum atomic E-state index is 13.9. The zero-order chi connectivity index (χ0) is 13.2. The molecular formula is C17H22FN. The fraction of sp³-hybridized carbons (Fsp3) is 0.647. The molecule has 0 radical (unpaired) electrons. The predicted octanol–water partition coefficient (Wildman–Crippen LogP) is 3.74. The van der Waals surface area contributed by atoms with Gasteiger partial charge in [-0.3, -0.25) is 0 Å². The monoisotopic (exact) mass is 259 g/mol. The first-order chi connectivity index (χ1) is 9.09. The van der Waals surface area contributed by atoms with Crippen LogP contribution in [0.5, 0.6) is 0 Å². The van der Waals surface area contributed by atoms with E-state index in [-0.39, 0.29) is 11.4 Å². The van der Waals surface area contributed by atoms with E-state index in [0.29, 0.717) is 11.5 Å². The molecule has 2 heteroatoms. The summed E-state index contributed by atoms with van der Waals surface area (Å²) >= 11 is 0. The first-order valence-corrected chi connectivity index (χ1v) is 7.65. The zero-order valence-corrected chi connectivity index (χ0v) is 11.5. The molecule has 2 N–H and O–H groups in total. The molecule has 5 unspecified atom stereocenters. The minimum absolute atomic E-state index is 0.104. The first kappa shape index (κ1) is 11.9. The molecule has 2 bridgehead atoms. The number of hydrogen-bond donors (Lipinski definition) is 1. The molecular weight excluding hydrogens is 237 g/mol. The van der Waals surface area contributed by atoms with Gasteiger partial charge in [-0.15, -0.1) is 0 Å². The molecule has 0 aromatic heterocycles. The molecule has 3 aliphatic carbocycles. The van der Waals surface area contributed by atoms with Gasteiger partial charge in [-0.25, -0.2) is 4.39 Å². The highest BCUT2D eigenvalue weighted by Gasteiger charge is 2.59. The molecule has 3 saturated carbocycles. The van der Waals surface area contributed by atoms with E-state index in [9.17, 15) is 4.39 Å². The summed E-state index contributed by atoms with van der Waals surface area (Å²) < 4.78 is 13.9. The van der Waals surface area contributed by atoms with Crippen molar-refractivity contribution in [3.8, 4) is 0 Å². The zero-order valence-electron chi connectivity index (χ0n) is 11.5. The Kier molecular flexibility index (Phi) is 2.39. The van der Waals surface area contributed by atoms with Crippen molar-refractivity contribution < 1.29 is 4.39 Å². The molecule has 0 amide bonds. The maximum Gasteiger partial charge on any atom is 0.126 e. The average molecular weight is 259 g/mol. The molecule has 0 heterocycles.